The van der Waals surface area contributed by atoms with Crippen LogP contribution in [0.2, 0.25) is 0 Å². The fourth-order valence-electron chi connectivity index (χ4n) is 8.34. The Morgan fingerprint density at radius 2 is 1.78 bits per heavy atom. The minimum Gasteiger partial charge on any atom is -0.458 e. The topological polar surface area (TPSA) is 144 Å². The van der Waals surface area contributed by atoms with Crippen LogP contribution in [-0.4, -0.2) is 148 Å². The summed E-state index contributed by atoms with van der Waals surface area (Å²) in [5, 5.41) is 11.5. The van der Waals surface area contributed by atoms with Crippen LogP contribution in [0.3, 0.4) is 0 Å². The van der Waals surface area contributed by atoms with E-state index in [0.29, 0.717) is 39.0 Å². The van der Waals surface area contributed by atoms with Gasteiger partial charge in [0, 0.05) is 25.6 Å². The van der Waals surface area contributed by atoms with Crippen molar-refractivity contribution < 1.29 is 57.3 Å². The average molecular weight is 703 g/mol. The summed E-state index contributed by atoms with van der Waals surface area (Å²) in [5.74, 6) is -1.71. The van der Waals surface area contributed by atoms with E-state index >= 15 is 0 Å². The van der Waals surface area contributed by atoms with Crippen molar-refractivity contribution in [2.75, 3.05) is 54.5 Å². The van der Waals surface area contributed by atoms with Crippen molar-refractivity contribution >= 4 is 12.1 Å². The number of ether oxygens (including phenoxy) is 9. The molecule has 1 N–H and O–H groups in total. The van der Waals surface area contributed by atoms with E-state index in [-0.39, 0.29) is 37.6 Å². The number of nitrogens with zero attached hydrogens (tertiary/aromatic N) is 2. The number of carbonyl (C=O) groups is 2. The molecule has 0 aromatic heterocycles. The Bertz CT molecular complexity index is 1100. The second kappa shape index (κ2) is 16.8. The Hall–Kier alpha value is -1.62. The number of cyclic esters (lactones) is 1. The van der Waals surface area contributed by atoms with Gasteiger partial charge in [-0.15, -0.1) is 0 Å². The number of likely N-dealkylation sites (N-methyl/N-ethyl adjacent to an activating group) is 1. The van der Waals surface area contributed by atoms with Crippen LogP contribution < -0.4 is 0 Å². The number of hydrogen-bond acceptors (Lipinski definition) is 14. The van der Waals surface area contributed by atoms with Crippen molar-refractivity contribution in [3.8, 4) is 0 Å². The molecule has 0 amide bonds. The van der Waals surface area contributed by atoms with Crippen molar-refractivity contribution in [3.05, 3.63) is 0 Å². The lowest BCUT2D eigenvalue weighted by Crippen LogP contribution is -2.60. The molecule has 4 aliphatic heterocycles. The van der Waals surface area contributed by atoms with Gasteiger partial charge in [-0.25, -0.2) is 4.79 Å². The molecular formula is C35H62N2O12. The van der Waals surface area contributed by atoms with Gasteiger partial charge in [-0.05, 0) is 73.9 Å². The van der Waals surface area contributed by atoms with E-state index in [1.807, 2.05) is 53.6 Å². The third-order valence-electron chi connectivity index (χ3n) is 11.0. The third-order valence-corrected chi connectivity index (χ3v) is 11.0. The standard InChI is InChI=1S/C35H62N2O12/c1-12-26-35(8)30(48-33(40)49-35)24(6)37-17-20(2)16-34(7,44-18-37)29(47-32-27(38)25(36(9)10)15-21(3)45-32)22(4)28(23(5)31(39)46-26)43-19-42-14-13-41-11/h20-30,32,38H,12-19H2,1-11H3/t20-,21-,22+,23-,24-,25+,26-,27-,28+,29-,30-,32+,34-,35-/m1/s1. The summed E-state index contributed by atoms with van der Waals surface area (Å²) in [6.45, 7) is 16.9. The molecule has 4 heterocycles. The van der Waals surface area contributed by atoms with Crippen LogP contribution in [0.5, 0.6) is 0 Å². The maximum absolute atomic E-state index is 14.1. The molecule has 0 saturated carbocycles. The summed E-state index contributed by atoms with van der Waals surface area (Å²) >= 11 is 0. The van der Waals surface area contributed by atoms with Crippen LogP contribution in [0.4, 0.5) is 4.79 Å². The summed E-state index contributed by atoms with van der Waals surface area (Å²) in [5.41, 5.74) is -2.16. The van der Waals surface area contributed by atoms with Crippen molar-refractivity contribution in [1.29, 1.82) is 0 Å². The monoisotopic (exact) mass is 702 g/mol. The molecule has 14 heteroatoms. The zero-order valence-corrected chi connectivity index (χ0v) is 31.4. The highest BCUT2D eigenvalue weighted by atomic mass is 16.8. The van der Waals surface area contributed by atoms with E-state index in [4.69, 9.17) is 42.6 Å². The zero-order chi connectivity index (χ0) is 36.3. The molecule has 0 radical (unpaired) electrons. The summed E-state index contributed by atoms with van der Waals surface area (Å²) in [4.78, 5) is 30.9. The van der Waals surface area contributed by atoms with Crippen LogP contribution >= 0.6 is 0 Å². The Labute approximate surface area is 292 Å². The molecule has 0 spiro atoms. The number of aliphatic hydroxyl groups is 1. The second-order valence-electron chi connectivity index (χ2n) is 15.2. The Morgan fingerprint density at radius 1 is 1.06 bits per heavy atom. The molecule has 284 valence electrons. The molecule has 0 aromatic carbocycles. The predicted octanol–water partition coefficient (Wildman–Crippen LogP) is 3.17. The number of fused-ring (bicyclic) bond motifs is 4. The molecule has 49 heavy (non-hydrogen) atoms. The summed E-state index contributed by atoms with van der Waals surface area (Å²) < 4.78 is 55.1. The van der Waals surface area contributed by atoms with Gasteiger partial charge in [-0.1, -0.05) is 20.8 Å². The molecular weight excluding hydrogens is 640 g/mol. The highest BCUT2D eigenvalue weighted by Crippen LogP contribution is 2.43. The van der Waals surface area contributed by atoms with Gasteiger partial charge in [0.05, 0.1) is 49.1 Å². The fraction of sp³-hybridized carbons (Fsp3) is 0.943. The second-order valence-corrected chi connectivity index (χ2v) is 15.2. The van der Waals surface area contributed by atoms with E-state index in [1.165, 1.54) is 0 Å². The van der Waals surface area contributed by atoms with Gasteiger partial charge in [-0.3, -0.25) is 9.69 Å². The molecule has 1 unspecified atom stereocenters. The lowest BCUT2D eigenvalue weighted by Gasteiger charge is -2.48. The van der Waals surface area contributed by atoms with Gasteiger partial charge >= 0.3 is 12.1 Å². The Kier molecular flexibility index (Phi) is 13.8. The smallest absolute Gasteiger partial charge is 0.458 e. The van der Waals surface area contributed by atoms with Gasteiger partial charge in [0.1, 0.15) is 25.7 Å². The van der Waals surface area contributed by atoms with E-state index in [1.54, 1.807) is 21.0 Å². The first-order valence-corrected chi connectivity index (χ1v) is 17.9. The van der Waals surface area contributed by atoms with Crippen molar-refractivity contribution in [2.45, 2.75) is 141 Å². The number of hydrogen-bond donors (Lipinski definition) is 1. The summed E-state index contributed by atoms with van der Waals surface area (Å²) in [6.07, 6.45) is -4.26. The number of carbonyl (C=O) groups excluding carboxylic acids is 2. The molecule has 0 aliphatic carbocycles. The van der Waals surface area contributed by atoms with Gasteiger partial charge < -0.3 is 52.6 Å². The summed E-state index contributed by atoms with van der Waals surface area (Å²) in [6, 6.07) is -0.524. The first-order chi connectivity index (χ1) is 23.1. The fourth-order valence-corrected chi connectivity index (χ4v) is 8.34. The van der Waals surface area contributed by atoms with Crippen molar-refractivity contribution in [2.24, 2.45) is 17.8 Å². The Balaban J connectivity index is 1.79. The number of methoxy groups -OCH3 is 1. The maximum Gasteiger partial charge on any atom is 0.509 e. The Morgan fingerprint density at radius 3 is 2.43 bits per heavy atom. The van der Waals surface area contributed by atoms with Crippen LogP contribution in [0.15, 0.2) is 0 Å². The van der Waals surface area contributed by atoms with E-state index in [0.717, 1.165) is 0 Å². The molecule has 0 aromatic rings. The average Bonchev–Trinajstić information content (AvgIpc) is 3.26. The van der Waals surface area contributed by atoms with E-state index < -0.39 is 72.0 Å². The lowest BCUT2D eigenvalue weighted by molar-refractivity contribution is -0.307. The SMILES string of the molecule is CC[C@H]1OC(=O)[C@H](C)[C@@H](OCOCCOC)[C@H](C)[C@@H](O[C@@H]2O[C@H](C)C[C@H](N(C)C)[C@H]2O)[C@@]2(C)C[C@@H](C)CN(CO2)[C@H](C)[C@H]2OC(=O)O[C@@]21C. The molecule has 14 nitrogen and oxygen atoms in total. The van der Waals surface area contributed by atoms with Gasteiger partial charge in [0.15, 0.2) is 18.0 Å². The molecule has 4 rings (SSSR count). The minimum atomic E-state index is -1.24. The zero-order valence-electron chi connectivity index (χ0n) is 31.4. The first kappa shape index (κ1) is 40.2. The molecule has 4 fully saturated rings. The van der Waals surface area contributed by atoms with E-state index in [9.17, 15) is 14.7 Å². The minimum absolute atomic E-state index is 0.104. The van der Waals surface area contributed by atoms with Crippen LogP contribution in [0.1, 0.15) is 74.7 Å². The number of rotatable bonds is 10. The van der Waals surface area contributed by atoms with Crippen molar-refractivity contribution in [1.82, 2.24) is 9.80 Å². The van der Waals surface area contributed by atoms with Crippen LogP contribution in [0, 0.1) is 17.8 Å². The highest BCUT2D eigenvalue weighted by Gasteiger charge is 2.59. The third kappa shape index (κ3) is 8.89. The largest absolute Gasteiger partial charge is 0.509 e. The van der Waals surface area contributed by atoms with Crippen LogP contribution in [0.25, 0.3) is 0 Å². The summed E-state index contributed by atoms with van der Waals surface area (Å²) in [7, 11) is 5.45. The predicted molar refractivity (Wildman–Crippen MR) is 177 cm³/mol. The molecule has 2 bridgehead atoms. The molecule has 4 aliphatic rings. The van der Waals surface area contributed by atoms with Gasteiger partial charge in [0.2, 0.25) is 0 Å². The maximum atomic E-state index is 14.1. The van der Waals surface area contributed by atoms with Gasteiger partial charge in [0.25, 0.3) is 0 Å². The van der Waals surface area contributed by atoms with Crippen LogP contribution in [-0.2, 0) is 47.4 Å². The molecule has 4 saturated heterocycles. The number of aliphatic hydroxyl groups excluding tert-OH is 1. The first-order valence-electron chi connectivity index (χ1n) is 17.9. The number of esters is 1. The normalized spacial score (nSPS) is 45.2. The lowest BCUT2D eigenvalue weighted by atomic mass is 9.77. The van der Waals surface area contributed by atoms with Crippen molar-refractivity contribution in [3.63, 3.8) is 0 Å². The quantitative estimate of drug-likeness (QED) is 0.202. The van der Waals surface area contributed by atoms with Gasteiger partial charge in [-0.2, -0.15) is 0 Å². The van der Waals surface area contributed by atoms with E-state index in [2.05, 4.69) is 11.8 Å². The molecule has 15 atom stereocenters. The highest BCUT2D eigenvalue weighted by molar-refractivity contribution is 5.73.